The van der Waals surface area contributed by atoms with E-state index in [2.05, 4.69) is 40.5 Å². The summed E-state index contributed by atoms with van der Waals surface area (Å²) in [5.41, 5.74) is 0.988. The van der Waals surface area contributed by atoms with Crippen LogP contribution in [0.25, 0.3) is 10.8 Å². The number of carbonyl (C=O) groups excluding carboxylic acids is 1. The monoisotopic (exact) mass is 426 g/mol. The third-order valence-corrected chi connectivity index (χ3v) is 5.69. The Kier molecular flexibility index (Phi) is 6.28. The van der Waals surface area contributed by atoms with Crippen LogP contribution in [0.5, 0.6) is 0 Å². The van der Waals surface area contributed by atoms with Gasteiger partial charge in [-0.1, -0.05) is 54.6 Å². The molecule has 1 fully saturated rings. The maximum atomic E-state index is 12.8. The summed E-state index contributed by atoms with van der Waals surface area (Å²) in [5.74, 6) is -0.152. The van der Waals surface area contributed by atoms with E-state index < -0.39 is 11.7 Å². The van der Waals surface area contributed by atoms with Crippen LogP contribution in [0.4, 0.5) is 13.2 Å². The average Bonchev–Trinajstić information content (AvgIpc) is 3.60. The molecule has 1 aliphatic rings. The molecule has 3 aromatic carbocycles. The van der Waals surface area contributed by atoms with E-state index in [9.17, 15) is 18.0 Å². The van der Waals surface area contributed by atoms with Gasteiger partial charge in [-0.25, -0.2) is 0 Å². The van der Waals surface area contributed by atoms with Gasteiger partial charge in [0.2, 0.25) is 5.91 Å². The molecule has 3 aromatic rings. The standard InChI is InChI=1S/C25H25F3N2O/c26-25(27,28)21-9-3-5-18(15-21)16-29-24(31)13-14-30(22-11-12-22)17-20-8-4-7-19-6-1-2-10-23(19)20/h1-10,15,22H,11-14,16-17H2,(H,29,31). The third kappa shape index (κ3) is 5.64. The maximum Gasteiger partial charge on any atom is 0.416 e. The van der Waals surface area contributed by atoms with Gasteiger partial charge in [0.05, 0.1) is 5.56 Å². The van der Waals surface area contributed by atoms with Gasteiger partial charge in [-0.2, -0.15) is 13.2 Å². The van der Waals surface area contributed by atoms with Crippen molar-refractivity contribution in [3.8, 4) is 0 Å². The lowest BCUT2D eigenvalue weighted by atomic mass is 10.0. The highest BCUT2D eigenvalue weighted by Gasteiger charge is 2.31. The number of hydrogen-bond acceptors (Lipinski definition) is 2. The van der Waals surface area contributed by atoms with Gasteiger partial charge in [0, 0.05) is 32.1 Å². The Labute approximate surface area is 179 Å². The number of fused-ring (bicyclic) bond motifs is 1. The van der Waals surface area contributed by atoms with Crippen LogP contribution in [-0.4, -0.2) is 23.4 Å². The average molecular weight is 426 g/mol. The van der Waals surface area contributed by atoms with Crippen molar-refractivity contribution in [3.63, 3.8) is 0 Å². The van der Waals surface area contributed by atoms with Crippen molar-refractivity contribution in [1.29, 1.82) is 0 Å². The molecule has 0 spiro atoms. The van der Waals surface area contributed by atoms with Crippen molar-refractivity contribution in [2.75, 3.05) is 6.54 Å². The number of alkyl halides is 3. The minimum absolute atomic E-state index is 0.0928. The lowest BCUT2D eigenvalue weighted by Crippen LogP contribution is -2.32. The molecule has 1 N–H and O–H groups in total. The van der Waals surface area contributed by atoms with E-state index in [4.69, 9.17) is 0 Å². The highest BCUT2D eigenvalue weighted by atomic mass is 19.4. The molecule has 0 heterocycles. The van der Waals surface area contributed by atoms with Crippen LogP contribution in [-0.2, 0) is 24.1 Å². The molecule has 0 aromatic heterocycles. The Bertz CT molecular complexity index is 1050. The molecule has 4 rings (SSSR count). The van der Waals surface area contributed by atoms with Gasteiger partial charge in [0.15, 0.2) is 0 Å². The van der Waals surface area contributed by atoms with E-state index in [-0.39, 0.29) is 12.5 Å². The molecule has 1 saturated carbocycles. The fraction of sp³-hybridized carbons (Fsp3) is 0.320. The third-order valence-electron chi connectivity index (χ3n) is 5.69. The van der Waals surface area contributed by atoms with Crippen molar-refractivity contribution in [2.45, 2.75) is 44.6 Å². The largest absolute Gasteiger partial charge is 0.416 e. The van der Waals surface area contributed by atoms with Gasteiger partial charge in [-0.05, 0) is 46.9 Å². The summed E-state index contributed by atoms with van der Waals surface area (Å²) in [6.07, 6.45) is -1.79. The second kappa shape index (κ2) is 9.10. The quantitative estimate of drug-likeness (QED) is 0.514. The SMILES string of the molecule is O=C(CCN(Cc1cccc2ccccc12)C1CC1)NCc1cccc(C(F)(F)F)c1. The number of nitrogens with one attached hydrogen (secondary N) is 1. The van der Waals surface area contributed by atoms with E-state index in [0.717, 1.165) is 31.5 Å². The summed E-state index contributed by atoms with van der Waals surface area (Å²) < 4.78 is 38.5. The van der Waals surface area contributed by atoms with Crippen molar-refractivity contribution < 1.29 is 18.0 Å². The molecule has 0 unspecified atom stereocenters. The zero-order valence-electron chi connectivity index (χ0n) is 17.2. The fourth-order valence-corrected chi connectivity index (χ4v) is 3.87. The smallest absolute Gasteiger partial charge is 0.352 e. The molecule has 1 aliphatic carbocycles. The Morgan fingerprint density at radius 1 is 1.00 bits per heavy atom. The first-order valence-electron chi connectivity index (χ1n) is 10.5. The van der Waals surface area contributed by atoms with Gasteiger partial charge in [0.1, 0.15) is 0 Å². The van der Waals surface area contributed by atoms with Gasteiger partial charge in [-0.3, -0.25) is 9.69 Å². The fourth-order valence-electron chi connectivity index (χ4n) is 3.87. The first-order valence-corrected chi connectivity index (χ1v) is 10.5. The number of carbonyl (C=O) groups is 1. The van der Waals surface area contributed by atoms with E-state index in [1.54, 1.807) is 6.07 Å². The second-order valence-electron chi connectivity index (χ2n) is 8.06. The molecular formula is C25H25F3N2O. The van der Waals surface area contributed by atoms with Gasteiger partial charge in [0.25, 0.3) is 0 Å². The van der Waals surface area contributed by atoms with E-state index in [0.29, 0.717) is 24.6 Å². The molecule has 0 atom stereocenters. The van der Waals surface area contributed by atoms with Crippen molar-refractivity contribution in [2.24, 2.45) is 0 Å². The molecule has 0 aliphatic heterocycles. The van der Waals surface area contributed by atoms with E-state index in [1.165, 1.54) is 22.4 Å². The molecule has 0 saturated heterocycles. The van der Waals surface area contributed by atoms with Crippen LogP contribution in [0.3, 0.4) is 0 Å². The zero-order chi connectivity index (χ0) is 21.8. The number of rotatable bonds is 8. The van der Waals surface area contributed by atoms with E-state index >= 15 is 0 Å². The van der Waals surface area contributed by atoms with Crippen LogP contribution >= 0.6 is 0 Å². The van der Waals surface area contributed by atoms with Crippen LogP contribution < -0.4 is 5.32 Å². The first kappa shape index (κ1) is 21.4. The van der Waals surface area contributed by atoms with Crippen LogP contribution in [0.2, 0.25) is 0 Å². The first-order chi connectivity index (χ1) is 14.9. The minimum atomic E-state index is -4.38. The molecule has 31 heavy (non-hydrogen) atoms. The van der Waals surface area contributed by atoms with E-state index in [1.807, 2.05) is 12.1 Å². The van der Waals surface area contributed by atoms with Crippen LogP contribution in [0.15, 0.2) is 66.7 Å². The Balaban J connectivity index is 1.33. The topological polar surface area (TPSA) is 32.3 Å². The number of nitrogens with zero attached hydrogens (tertiary/aromatic N) is 1. The Morgan fingerprint density at radius 3 is 2.52 bits per heavy atom. The molecule has 3 nitrogen and oxygen atoms in total. The lowest BCUT2D eigenvalue weighted by molar-refractivity contribution is -0.137. The summed E-state index contributed by atoms with van der Waals surface area (Å²) >= 11 is 0. The Hall–Kier alpha value is -2.86. The zero-order valence-corrected chi connectivity index (χ0v) is 17.2. The lowest BCUT2D eigenvalue weighted by Gasteiger charge is -2.22. The van der Waals surface area contributed by atoms with Crippen molar-refractivity contribution in [1.82, 2.24) is 10.2 Å². The predicted octanol–water partition coefficient (Wildman–Crippen LogP) is 5.53. The molecule has 6 heteroatoms. The summed E-state index contributed by atoms with van der Waals surface area (Å²) in [6, 6.07) is 20.1. The van der Waals surface area contributed by atoms with Gasteiger partial charge < -0.3 is 5.32 Å². The van der Waals surface area contributed by atoms with Gasteiger partial charge in [-0.15, -0.1) is 0 Å². The van der Waals surface area contributed by atoms with Crippen LogP contribution in [0, 0.1) is 0 Å². The summed E-state index contributed by atoms with van der Waals surface area (Å²) in [7, 11) is 0. The Morgan fingerprint density at radius 2 is 1.74 bits per heavy atom. The highest BCUT2D eigenvalue weighted by Crippen LogP contribution is 2.31. The summed E-state index contributed by atoms with van der Waals surface area (Å²) in [4.78, 5) is 14.7. The second-order valence-corrected chi connectivity index (χ2v) is 8.06. The van der Waals surface area contributed by atoms with Gasteiger partial charge >= 0.3 is 6.18 Å². The highest BCUT2D eigenvalue weighted by molar-refractivity contribution is 5.85. The maximum absolute atomic E-state index is 12.8. The summed E-state index contributed by atoms with van der Waals surface area (Å²) in [6.45, 7) is 1.50. The van der Waals surface area contributed by atoms with Crippen LogP contribution in [0.1, 0.15) is 36.0 Å². The number of halogens is 3. The van der Waals surface area contributed by atoms with Crippen molar-refractivity contribution >= 4 is 16.7 Å². The number of hydrogen-bond donors (Lipinski definition) is 1. The summed E-state index contributed by atoms with van der Waals surface area (Å²) in [5, 5.41) is 5.18. The molecule has 0 bridgehead atoms. The molecule has 1 amide bonds. The molecular weight excluding hydrogens is 401 g/mol. The molecule has 162 valence electrons. The van der Waals surface area contributed by atoms with Crippen molar-refractivity contribution in [3.05, 3.63) is 83.4 Å². The normalized spacial score (nSPS) is 14.2. The molecule has 0 radical (unpaired) electrons. The number of benzene rings is 3. The predicted molar refractivity (Wildman–Crippen MR) is 115 cm³/mol. The minimum Gasteiger partial charge on any atom is -0.352 e. The number of amides is 1.